The highest BCUT2D eigenvalue weighted by Crippen LogP contribution is 2.36. The van der Waals surface area contributed by atoms with Gasteiger partial charge in [-0.25, -0.2) is 0 Å². The fourth-order valence-corrected chi connectivity index (χ4v) is 3.06. The number of benzene rings is 1. The largest absolute Gasteiger partial charge is 0.491 e. The number of morpholine rings is 1. The van der Waals surface area contributed by atoms with Gasteiger partial charge in [0.25, 0.3) is 0 Å². The quantitative estimate of drug-likeness (QED) is 0.786. The van der Waals surface area contributed by atoms with Gasteiger partial charge in [-0.15, -0.1) is 0 Å². The molecule has 2 rings (SSSR count). The number of halogens is 1. The second-order valence-corrected chi connectivity index (χ2v) is 5.97. The third-order valence-corrected chi connectivity index (χ3v) is 4.23. The first-order valence-electron chi connectivity index (χ1n) is 8.21. The van der Waals surface area contributed by atoms with Crippen LogP contribution in [0.1, 0.15) is 19.4 Å². The minimum atomic E-state index is 0.240. The van der Waals surface area contributed by atoms with E-state index in [9.17, 15) is 0 Å². The van der Waals surface area contributed by atoms with Crippen molar-refractivity contribution in [3.8, 4) is 11.5 Å². The molecule has 0 aliphatic carbocycles. The summed E-state index contributed by atoms with van der Waals surface area (Å²) in [6.45, 7) is 10.1. The first-order chi connectivity index (χ1) is 11.2. The third kappa shape index (κ3) is 5.24. The lowest BCUT2D eigenvalue weighted by Gasteiger charge is -2.32. The van der Waals surface area contributed by atoms with Crippen LogP contribution < -0.4 is 14.8 Å². The van der Waals surface area contributed by atoms with Crippen molar-refractivity contribution in [3.63, 3.8) is 0 Å². The minimum Gasteiger partial charge on any atom is -0.491 e. The summed E-state index contributed by atoms with van der Waals surface area (Å²) in [5.41, 5.74) is 1.07. The van der Waals surface area contributed by atoms with Crippen LogP contribution in [0.4, 0.5) is 0 Å². The van der Waals surface area contributed by atoms with Crippen molar-refractivity contribution in [2.75, 3.05) is 46.5 Å². The molecule has 1 aromatic carbocycles. The van der Waals surface area contributed by atoms with Crippen LogP contribution in [0, 0.1) is 0 Å². The fraction of sp³-hybridized carbons (Fsp3) is 0.647. The molecule has 1 saturated heterocycles. The third-order valence-electron chi connectivity index (χ3n) is 3.94. The Hall–Kier alpha value is -1.01. The number of nitrogens with one attached hydrogen (secondary N) is 1. The molecule has 1 aliphatic rings. The van der Waals surface area contributed by atoms with Crippen molar-refractivity contribution < 1.29 is 14.2 Å². The fourth-order valence-electron chi connectivity index (χ4n) is 2.75. The Balaban J connectivity index is 1.90. The van der Waals surface area contributed by atoms with Gasteiger partial charge in [-0.1, -0.05) is 18.5 Å². The summed E-state index contributed by atoms with van der Waals surface area (Å²) >= 11 is 6.27. The molecule has 0 radical (unpaired) electrons. The molecule has 1 fully saturated rings. The van der Waals surface area contributed by atoms with E-state index in [1.165, 1.54) is 0 Å². The summed E-state index contributed by atoms with van der Waals surface area (Å²) in [7, 11) is 1.60. The lowest BCUT2D eigenvalue weighted by Crippen LogP contribution is -2.46. The average Bonchev–Trinajstić information content (AvgIpc) is 2.55. The van der Waals surface area contributed by atoms with Gasteiger partial charge in [0.05, 0.1) is 31.5 Å². The highest BCUT2D eigenvalue weighted by molar-refractivity contribution is 6.32. The monoisotopic (exact) mass is 342 g/mol. The van der Waals surface area contributed by atoms with Crippen molar-refractivity contribution in [1.29, 1.82) is 0 Å². The second kappa shape index (κ2) is 9.33. The van der Waals surface area contributed by atoms with Crippen molar-refractivity contribution in [3.05, 3.63) is 22.7 Å². The number of hydrogen-bond donors (Lipinski definition) is 1. The van der Waals surface area contributed by atoms with Crippen molar-refractivity contribution in [1.82, 2.24) is 10.2 Å². The number of rotatable bonds is 8. The lowest BCUT2D eigenvalue weighted by atomic mass is 10.2. The molecule has 23 heavy (non-hydrogen) atoms. The molecule has 0 amide bonds. The Labute approximate surface area is 143 Å². The van der Waals surface area contributed by atoms with Gasteiger partial charge in [-0.3, -0.25) is 4.90 Å². The summed E-state index contributed by atoms with van der Waals surface area (Å²) in [6.07, 6.45) is 0.240. The van der Waals surface area contributed by atoms with Crippen molar-refractivity contribution in [2.45, 2.75) is 26.5 Å². The molecule has 0 aromatic heterocycles. The van der Waals surface area contributed by atoms with E-state index < -0.39 is 0 Å². The molecule has 0 saturated carbocycles. The minimum absolute atomic E-state index is 0.240. The summed E-state index contributed by atoms with van der Waals surface area (Å²) in [6, 6.07) is 3.89. The van der Waals surface area contributed by atoms with Gasteiger partial charge in [0, 0.05) is 26.2 Å². The van der Waals surface area contributed by atoms with Crippen LogP contribution in [0.2, 0.25) is 5.02 Å². The molecule has 5 nitrogen and oxygen atoms in total. The Morgan fingerprint density at radius 2 is 2.22 bits per heavy atom. The Kier molecular flexibility index (Phi) is 7.43. The summed E-state index contributed by atoms with van der Waals surface area (Å²) in [5, 5.41) is 4.01. The van der Waals surface area contributed by atoms with E-state index in [1.54, 1.807) is 7.11 Å². The number of likely N-dealkylation sites (N-methyl/N-ethyl adjacent to an activating group) is 1. The molecule has 1 heterocycles. The van der Waals surface area contributed by atoms with Gasteiger partial charge < -0.3 is 19.5 Å². The SMILES string of the molecule is CCOc1cc(CNCC2CN(CC)CCO2)cc(Cl)c1OC. The Morgan fingerprint density at radius 1 is 1.39 bits per heavy atom. The summed E-state index contributed by atoms with van der Waals surface area (Å²) in [5.74, 6) is 1.27. The van der Waals surface area contributed by atoms with Crippen molar-refractivity contribution in [2.24, 2.45) is 0 Å². The van der Waals surface area contributed by atoms with Gasteiger partial charge in [-0.05, 0) is 31.2 Å². The molecule has 130 valence electrons. The predicted octanol–water partition coefficient (Wildman–Crippen LogP) is 2.56. The zero-order chi connectivity index (χ0) is 16.7. The number of ether oxygens (including phenoxy) is 3. The van der Waals surface area contributed by atoms with Gasteiger partial charge in [-0.2, -0.15) is 0 Å². The molecule has 0 spiro atoms. The standard InChI is InChI=1S/C17H27ClN2O3/c1-4-20-6-7-23-14(12-20)11-19-10-13-8-15(18)17(21-3)16(9-13)22-5-2/h8-9,14,19H,4-7,10-12H2,1-3H3. The maximum absolute atomic E-state index is 6.27. The van der Waals surface area contributed by atoms with Gasteiger partial charge in [0.2, 0.25) is 0 Å². The van der Waals surface area contributed by atoms with E-state index in [0.29, 0.717) is 23.1 Å². The predicted molar refractivity (Wildman–Crippen MR) is 92.7 cm³/mol. The van der Waals surface area contributed by atoms with Crippen LogP contribution in [-0.2, 0) is 11.3 Å². The lowest BCUT2D eigenvalue weighted by molar-refractivity contribution is -0.0253. The van der Waals surface area contributed by atoms with Crippen LogP contribution >= 0.6 is 11.6 Å². The Morgan fingerprint density at radius 3 is 2.91 bits per heavy atom. The average molecular weight is 343 g/mol. The van der Waals surface area contributed by atoms with Gasteiger partial charge in [0.15, 0.2) is 11.5 Å². The van der Waals surface area contributed by atoms with Crippen LogP contribution in [0.3, 0.4) is 0 Å². The van der Waals surface area contributed by atoms with Crippen LogP contribution in [0.5, 0.6) is 11.5 Å². The maximum atomic E-state index is 6.27. The molecule has 1 atom stereocenters. The smallest absolute Gasteiger partial charge is 0.179 e. The molecule has 1 N–H and O–H groups in total. The molecule has 1 unspecified atom stereocenters. The second-order valence-electron chi connectivity index (χ2n) is 5.56. The van der Waals surface area contributed by atoms with Crippen molar-refractivity contribution >= 4 is 11.6 Å². The van der Waals surface area contributed by atoms with E-state index in [0.717, 1.165) is 44.9 Å². The zero-order valence-corrected chi connectivity index (χ0v) is 15.0. The number of hydrogen-bond acceptors (Lipinski definition) is 5. The van der Waals surface area contributed by atoms with Gasteiger partial charge in [0.1, 0.15) is 0 Å². The molecule has 1 aliphatic heterocycles. The topological polar surface area (TPSA) is 43.0 Å². The molecule has 1 aromatic rings. The number of nitrogens with zero attached hydrogens (tertiary/aromatic N) is 1. The summed E-state index contributed by atoms with van der Waals surface area (Å²) < 4.78 is 16.7. The van der Waals surface area contributed by atoms with Crippen LogP contribution in [0.25, 0.3) is 0 Å². The van der Waals surface area contributed by atoms with Gasteiger partial charge >= 0.3 is 0 Å². The van der Waals surface area contributed by atoms with Crippen LogP contribution in [-0.4, -0.2) is 57.5 Å². The highest BCUT2D eigenvalue weighted by atomic mass is 35.5. The highest BCUT2D eigenvalue weighted by Gasteiger charge is 2.19. The molecule has 6 heteroatoms. The summed E-state index contributed by atoms with van der Waals surface area (Å²) in [4.78, 5) is 2.41. The Bertz CT molecular complexity index is 499. The molecular formula is C17H27ClN2O3. The van der Waals surface area contributed by atoms with E-state index >= 15 is 0 Å². The number of methoxy groups -OCH3 is 1. The van der Waals surface area contributed by atoms with E-state index in [-0.39, 0.29) is 6.10 Å². The first kappa shape index (κ1) is 18.3. The van der Waals surface area contributed by atoms with E-state index in [4.69, 9.17) is 25.8 Å². The normalized spacial score (nSPS) is 18.9. The molecular weight excluding hydrogens is 316 g/mol. The molecule has 0 bridgehead atoms. The van der Waals surface area contributed by atoms with E-state index in [2.05, 4.69) is 17.1 Å². The first-order valence-corrected chi connectivity index (χ1v) is 8.59. The maximum Gasteiger partial charge on any atom is 0.179 e. The zero-order valence-electron chi connectivity index (χ0n) is 14.2. The van der Waals surface area contributed by atoms with E-state index in [1.807, 2.05) is 19.1 Å². The van der Waals surface area contributed by atoms with Crippen LogP contribution in [0.15, 0.2) is 12.1 Å².